The first kappa shape index (κ1) is 80.9. The van der Waals surface area contributed by atoms with E-state index in [9.17, 15) is 28.4 Å². The summed E-state index contributed by atoms with van der Waals surface area (Å²) >= 11 is 0. The molecule has 0 saturated heterocycles. The van der Waals surface area contributed by atoms with Gasteiger partial charge in [-0.3, -0.25) is 13.7 Å². The normalized spacial score (nSPS) is 14.4. The second-order valence-electron chi connectivity index (χ2n) is 18.1. The van der Waals surface area contributed by atoms with E-state index >= 15 is 0 Å². The van der Waals surface area contributed by atoms with Gasteiger partial charge in [0.15, 0.2) is 0 Å². The lowest BCUT2D eigenvalue weighted by Gasteiger charge is -2.31. The zero-order valence-electron chi connectivity index (χ0n) is 43.7. The Hall–Kier alpha value is -2.09. The summed E-state index contributed by atoms with van der Waals surface area (Å²) < 4.78 is 62.2. The van der Waals surface area contributed by atoms with Crippen LogP contribution in [0.25, 0.3) is 0 Å². The molecule has 0 aromatic rings. The van der Waals surface area contributed by atoms with Gasteiger partial charge in [0, 0.05) is 10.1 Å². The highest BCUT2D eigenvalue weighted by molar-refractivity contribution is 7.46. The first-order valence-electron chi connectivity index (χ1n) is 20.1. The Labute approximate surface area is 400 Å². The van der Waals surface area contributed by atoms with Crippen LogP contribution in [0.4, 0.5) is 0 Å². The van der Waals surface area contributed by atoms with E-state index in [0.29, 0.717) is 6.42 Å². The van der Waals surface area contributed by atoms with E-state index in [1.807, 2.05) is 68.4 Å². The van der Waals surface area contributed by atoms with Gasteiger partial charge in [0.05, 0.1) is 36.6 Å². The SMILES string of the molecule is C=C.C=C.C=C.C=C.C=C.CC(C)(C)/C=C/OOCCOP(=O)([O-])OC(C)(C)C.CC(C)(C)/C=C/OOOOOCCOP(=O)([O-])OC(C)(C)C.CC(C)(C)CCOP(=O)([O-])OC(C)(C)C. The van der Waals surface area contributed by atoms with Crippen LogP contribution in [-0.2, 0) is 75.5 Å². The van der Waals surface area contributed by atoms with E-state index in [0.717, 1.165) is 0 Å². The smallest absolute Gasteiger partial charge is 0.268 e. The molecule has 0 aromatic carbocycles. The summed E-state index contributed by atoms with van der Waals surface area (Å²) in [5.74, 6) is 0. The lowest BCUT2D eigenvalue weighted by atomic mass is 9.93. The number of phosphoric ester groups is 3. The van der Waals surface area contributed by atoms with Crippen LogP contribution in [0.15, 0.2) is 90.5 Å². The van der Waals surface area contributed by atoms with Gasteiger partial charge in [-0.15, -0.1) is 65.8 Å². The number of allylic oxidation sites excluding steroid dienone is 2. The Kier molecular flexibility index (Phi) is 52.7. The third kappa shape index (κ3) is 88.6. The van der Waals surface area contributed by atoms with E-state index < -0.39 is 40.3 Å². The van der Waals surface area contributed by atoms with Crippen molar-refractivity contribution in [1.29, 1.82) is 0 Å². The van der Waals surface area contributed by atoms with Gasteiger partial charge in [0.1, 0.15) is 25.7 Å². The van der Waals surface area contributed by atoms with Gasteiger partial charge >= 0.3 is 0 Å². The fourth-order valence-corrected chi connectivity index (χ4v) is 5.65. The van der Waals surface area contributed by atoms with Crippen molar-refractivity contribution in [2.75, 3.05) is 33.0 Å². The lowest BCUT2D eigenvalue weighted by Crippen LogP contribution is -2.23. The molecule has 0 aromatic heterocycles. The molecule has 0 N–H and O–H groups in total. The fraction of sp³-hybridized carbons (Fsp3) is 0.682. The third-order valence-corrected chi connectivity index (χ3v) is 8.36. The second kappa shape index (κ2) is 43.0. The van der Waals surface area contributed by atoms with Gasteiger partial charge in [-0.1, -0.05) is 62.3 Å². The molecular weight excluding hydrogens is 925 g/mol. The summed E-state index contributed by atoms with van der Waals surface area (Å²) in [6.45, 7) is 62.1. The van der Waals surface area contributed by atoms with Crippen LogP contribution < -0.4 is 14.7 Å². The molecule has 19 nitrogen and oxygen atoms in total. The quantitative estimate of drug-likeness (QED) is 0.0259. The predicted octanol–water partition coefficient (Wildman–Crippen LogP) is 12.1. The van der Waals surface area contributed by atoms with Crippen LogP contribution in [0.5, 0.6) is 0 Å². The molecule has 0 spiro atoms. The van der Waals surface area contributed by atoms with Gasteiger partial charge in [0.25, 0.3) is 23.5 Å². The molecule has 0 amide bonds. The average Bonchev–Trinajstić information content (AvgIpc) is 3.12. The molecule has 0 aliphatic carbocycles. The molecule has 0 fully saturated rings. The first-order chi connectivity index (χ1) is 29.7. The predicted molar refractivity (Wildman–Crippen MR) is 258 cm³/mol. The van der Waals surface area contributed by atoms with Gasteiger partial charge in [0.2, 0.25) is 0 Å². The van der Waals surface area contributed by atoms with Crippen molar-refractivity contribution >= 4 is 23.5 Å². The summed E-state index contributed by atoms with van der Waals surface area (Å²) in [5, 5.41) is 12.2. The Balaban J connectivity index is -0.000000117. The minimum absolute atomic E-state index is 0.00880. The van der Waals surface area contributed by atoms with Gasteiger partial charge in [-0.05, 0) is 102 Å². The molecule has 398 valence electrons. The van der Waals surface area contributed by atoms with Gasteiger partial charge < -0.3 is 51.6 Å². The molecule has 66 heavy (non-hydrogen) atoms. The highest BCUT2D eigenvalue weighted by Crippen LogP contribution is 2.44. The Morgan fingerprint density at radius 3 is 0.970 bits per heavy atom. The summed E-state index contributed by atoms with van der Waals surface area (Å²) in [6.07, 6.45) is 6.89. The van der Waals surface area contributed by atoms with E-state index in [1.165, 1.54) is 12.5 Å². The van der Waals surface area contributed by atoms with E-state index in [1.54, 1.807) is 68.4 Å². The highest BCUT2D eigenvalue weighted by atomic mass is 31.2. The lowest BCUT2D eigenvalue weighted by molar-refractivity contribution is -0.700. The summed E-state index contributed by atoms with van der Waals surface area (Å²) in [4.78, 5) is 52.3. The largest absolute Gasteiger partial charge is 0.756 e. The summed E-state index contributed by atoms with van der Waals surface area (Å²) in [6, 6.07) is 0. The molecule has 0 bridgehead atoms. The van der Waals surface area contributed by atoms with Crippen molar-refractivity contribution in [2.45, 2.75) is 148 Å². The zero-order chi connectivity index (χ0) is 54.8. The molecule has 0 radical (unpaired) electrons. The maximum atomic E-state index is 11.3. The van der Waals surface area contributed by atoms with Crippen molar-refractivity contribution < 1.29 is 90.2 Å². The van der Waals surface area contributed by atoms with Gasteiger partial charge in [-0.25, -0.2) is 4.89 Å². The van der Waals surface area contributed by atoms with Crippen molar-refractivity contribution in [2.24, 2.45) is 16.2 Å². The van der Waals surface area contributed by atoms with Crippen LogP contribution in [-0.4, -0.2) is 49.8 Å². The van der Waals surface area contributed by atoms with E-state index in [-0.39, 0.29) is 49.3 Å². The van der Waals surface area contributed by atoms with Crippen molar-refractivity contribution in [3.63, 3.8) is 0 Å². The van der Waals surface area contributed by atoms with Crippen LogP contribution in [0.2, 0.25) is 0 Å². The van der Waals surface area contributed by atoms with Crippen molar-refractivity contribution in [3.8, 4) is 0 Å². The van der Waals surface area contributed by atoms with Crippen molar-refractivity contribution in [3.05, 3.63) is 90.5 Å². The van der Waals surface area contributed by atoms with Crippen LogP contribution in [0.3, 0.4) is 0 Å². The number of rotatable bonds is 21. The maximum absolute atomic E-state index is 11.3. The minimum atomic E-state index is -4.39. The molecule has 0 rings (SSSR count). The Morgan fingerprint density at radius 2 is 0.682 bits per heavy atom. The molecule has 0 saturated carbocycles. The van der Waals surface area contributed by atoms with E-state index in [4.69, 9.17) is 27.9 Å². The third-order valence-electron chi connectivity index (χ3n) is 4.55. The van der Waals surface area contributed by atoms with Crippen LogP contribution in [0, 0.1) is 16.2 Å². The molecule has 3 unspecified atom stereocenters. The Bertz CT molecular complexity index is 1310. The molecular formula is C44H90O19P3-3. The van der Waals surface area contributed by atoms with Crippen LogP contribution >= 0.6 is 23.5 Å². The average molecular weight is 1020 g/mol. The monoisotopic (exact) mass is 1020 g/mol. The minimum Gasteiger partial charge on any atom is -0.756 e. The molecule has 0 aliphatic rings. The number of phosphoric acid groups is 3. The molecule has 0 heterocycles. The number of hydrogen-bond donors (Lipinski definition) is 0. The highest BCUT2D eigenvalue weighted by Gasteiger charge is 2.22. The van der Waals surface area contributed by atoms with Crippen LogP contribution in [0.1, 0.15) is 131 Å². The van der Waals surface area contributed by atoms with Crippen molar-refractivity contribution in [1.82, 2.24) is 0 Å². The zero-order valence-corrected chi connectivity index (χ0v) is 46.4. The maximum Gasteiger partial charge on any atom is 0.268 e. The fourth-order valence-electron chi connectivity index (χ4n) is 2.57. The Morgan fingerprint density at radius 1 is 0.394 bits per heavy atom. The number of hydrogen-bond acceptors (Lipinski definition) is 19. The first-order valence-corrected chi connectivity index (χ1v) is 24.5. The molecule has 22 heteroatoms. The molecule has 0 aliphatic heterocycles. The molecule has 3 atom stereocenters. The summed E-state index contributed by atoms with van der Waals surface area (Å²) in [7, 11) is -12.8. The standard InChI is InChI=1S/C12H25O9P.C12H25O6P.C10H23O4P.5C2H4/c1-11(2,3)7-8-15-19-21-20-16-9-10-17-22(13,14)18-12(4,5)6;1-11(2,3)7-8-15-16-9-10-17-19(13,14)18-12(4,5)6;1-9(2,3)7-8-13-15(11,12)14-10(4,5)6;5*1-2/h7-8H,9-10H2,1-6H3,(H,13,14);7-8H,9-10H2,1-6H3,(H,13,14);7-8H2,1-6H3,(H,11,12);5*1-2H2/p-3/b2*8-7+;;;;;;. The topological polar surface area (TPSA) is 240 Å². The second-order valence-corrected chi connectivity index (χ2v) is 22.1. The van der Waals surface area contributed by atoms with E-state index in [2.05, 4.69) is 99.7 Å². The van der Waals surface area contributed by atoms with Gasteiger partial charge in [-0.2, -0.15) is 4.89 Å². The summed E-state index contributed by atoms with van der Waals surface area (Å²) in [5.41, 5.74) is -2.45.